The molecule has 4 heteroatoms. The van der Waals surface area contributed by atoms with E-state index >= 15 is 0 Å². The Labute approximate surface area is 142 Å². The highest BCUT2D eigenvalue weighted by Crippen LogP contribution is 2.44. The van der Waals surface area contributed by atoms with Crippen molar-refractivity contribution in [1.29, 1.82) is 0 Å². The molecule has 0 radical (unpaired) electrons. The number of methoxy groups -OCH3 is 1. The Morgan fingerprint density at radius 2 is 2.00 bits per heavy atom. The van der Waals surface area contributed by atoms with Gasteiger partial charge in [-0.05, 0) is 36.6 Å². The topological polar surface area (TPSA) is 41.6 Å². The van der Waals surface area contributed by atoms with E-state index in [1.807, 2.05) is 12.1 Å². The smallest absolute Gasteiger partial charge is 0.223 e. The number of nitrogens with one attached hydrogen (secondary N) is 1. The van der Waals surface area contributed by atoms with Gasteiger partial charge in [0.1, 0.15) is 5.75 Å². The number of benzene rings is 2. The quantitative estimate of drug-likeness (QED) is 0.931. The van der Waals surface area contributed by atoms with Crippen LogP contribution in [0, 0.1) is 0 Å². The number of fused-ring (bicyclic) bond motifs is 1. The Morgan fingerprint density at radius 3 is 2.71 bits per heavy atom. The average molecular weight is 322 g/mol. The van der Waals surface area contributed by atoms with Gasteiger partial charge in [-0.15, -0.1) is 0 Å². The second kappa shape index (κ2) is 6.19. The summed E-state index contributed by atoms with van der Waals surface area (Å²) in [6.45, 7) is 0.849. The summed E-state index contributed by atoms with van der Waals surface area (Å²) in [5, 5.41) is 3.64. The molecule has 1 saturated heterocycles. The van der Waals surface area contributed by atoms with Gasteiger partial charge in [0.2, 0.25) is 5.91 Å². The van der Waals surface area contributed by atoms with Gasteiger partial charge >= 0.3 is 0 Å². The maximum atomic E-state index is 12.4. The highest BCUT2D eigenvalue weighted by atomic mass is 16.5. The minimum Gasteiger partial charge on any atom is -0.497 e. The second-order valence-electron chi connectivity index (χ2n) is 6.50. The monoisotopic (exact) mass is 322 g/mol. The first-order valence-corrected chi connectivity index (χ1v) is 8.55. The van der Waals surface area contributed by atoms with E-state index in [4.69, 9.17) is 4.74 Å². The van der Waals surface area contributed by atoms with Crippen molar-refractivity contribution < 1.29 is 9.53 Å². The number of amides is 1. The van der Waals surface area contributed by atoms with Gasteiger partial charge in [0.05, 0.1) is 19.2 Å². The molecule has 0 unspecified atom stereocenters. The first-order valence-electron chi connectivity index (χ1n) is 8.55. The van der Waals surface area contributed by atoms with E-state index in [1.165, 1.54) is 5.56 Å². The van der Waals surface area contributed by atoms with Gasteiger partial charge in [0.15, 0.2) is 0 Å². The zero-order valence-electron chi connectivity index (χ0n) is 13.9. The summed E-state index contributed by atoms with van der Waals surface area (Å²) in [5.74, 6) is 1.10. The molecule has 2 aliphatic heterocycles. The predicted octanol–water partition coefficient (Wildman–Crippen LogP) is 3.92. The molecule has 0 aromatic heterocycles. The number of carbonyl (C=O) groups excluding carboxylic acids is 1. The Balaban J connectivity index is 1.74. The molecule has 2 aromatic rings. The lowest BCUT2D eigenvalue weighted by molar-refractivity contribution is -0.130. The number of ether oxygens (including phenoxy) is 1. The van der Waals surface area contributed by atoms with Crippen LogP contribution in [0.4, 0.5) is 5.69 Å². The zero-order chi connectivity index (χ0) is 16.5. The van der Waals surface area contributed by atoms with Crippen molar-refractivity contribution in [3.63, 3.8) is 0 Å². The lowest BCUT2D eigenvalue weighted by Gasteiger charge is -2.38. The van der Waals surface area contributed by atoms with Gasteiger partial charge in [-0.1, -0.05) is 30.3 Å². The summed E-state index contributed by atoms with van der Waals surface area (Å²) < 4.78 is 5.40. The van der Waals surface area contributed by atoms with Crippen LogP contribution in [0.25, 0.3) is 0 Å². The summed E-state index contributed by atoms with van der Waals surface area (Å²) in [6, 6.07) is 16.9. The fourth-order valence-electron chi connectivity index (χ4n) is 3.87. The fraction of sp³-hybridized carbons (Fsp3) is 0.350. The molecule has 1 amide bonds. The minimum atomic E-state index is 0.108. The normalized spacial score (nSPS) is 22.9. The molecule has 2 aromatic carbocycles. The molecule has 0 spiro atoms. The largest absolute Gasteiger partial charge is 0.497 e. The van der Waals surface area contributed by atoms with Gasteiger partial charge in [0, 0.05) is 24.2 Å². The predicted molar refractivity (Wildman–Crippen MR) is 94.1 cm³/mol. The lowest BCUT2D eigenvalue weighted by Crippen LogP contribution is -2.35. The van der Waals surface area contributed by atoms with Crippen molar-refractivity contribution in [2.75, 3.05) is 19.0 Å². The van der Waals surface area contributed by atoms with E-state index < -0.39 is 0 Å². The molecule has 0 aliphatic carbocycles. The van der Waals surface area contributed by atoms with Gasteiger partial charge in [-0.2, -0.15) is 0 Å². The Hall–Kier alpha value is -2.49. The van der Waals surface area contributed by atoms with Crippen molar-refractivity contribution in [3.8, 4) is 5.75 Å². The van der Waals surface area contributed by atoms with Crippen molar-refractivity contribution >= 4 is 11.6 Å². The van der Waals surface area contributed by atoms with Crippen LogP contribution in [-0.2, 0) is 4.79 Å². The van der Waals surface area contributed by atoms with Crippen molar-refractivity contribution in [2.45, 2.75) is 31.3 Å². The Kier molecular flexibility index (Phi) is 3.89. The number of rotatable bonds is 3. The fourth-order valence-corrected chi connectivity index (χ4v) is 3.87. The van der Waals surface area contributed by atoms with Gasteiger partial charge in [0.25, 0.3) is 0 Å². The molecule has 4 rings (SSSR count). The molecule has 0 bridgehead atoms. The van der Waals surface area contributed by atoms with Gasteiger partial charge in [-0.3, -0.25) is 4.79 Å². The maximum absolute atomic E-state index is 12.4. The molecule has 2 heterocycles. The molecule has 0 saturated carbocycles. The Morgan fingerprint density at radius 1 is 1.17 bits per heavy atom. The van der Waals surface area contributed by atoms with Crippen molar-refractivity contribution in [3.05, 3.63) is 59.7 Å². The van der Waals surface area contributed by atoms with E-state index in [-0.39, 0.29) is 18.0 Å². The van der Waals surface area contributed by atoms with Crippen LogP contribution in [-0.4, -0.2) is 24.5 Å². The van der Waals surface area contributed by atoms with E-state index in [0.717, 1.165) is 36.4 Å². The Bertz CT molecular complexity index is 745. The number of carbonyl (C=O) groups is 1. The van der Waals surface area contributed by atoms with Crippen LogP contribution in [0.2, 0.25) is 0 Å². The molecular formula is C20H22N2O2. The lowest BCUT2D eigenvalue weighted by atomic mass is 9.88. The molecule has 4 nitrogen and oxygen atoms in total. The van der Waals surface area contributed by atoms with Crippen LogP contribution in [0.15, 0.2) is 48.5 Å². The third-order valence-electron chi connectivity index (χ3n) is 5.09. The van der Waals surface area contributed by atoms with E-state index in [1.54, 1.807) is 7.11 Å². The van der Waals surface area contributed by atoms with Crippen LogP contribution >= 0.6 is 0 Å². The number of nitrogens with zero attached hydrogens (tertiary/aromatic N) is 1. The van der Waals surface area contributed by atoms with Crippen LogP contribution < -0.4 is 10.1 Å². The van der Waals surface area contributed by atoms with Crippen LogP contribution in [0.3, 0.4) is 0 Å². The van der Waals surface area contributed by atoms with Crippen LogP contribution in [0.5, 0.6) is 5.75 Å². The molecule has 1 N–H and O–H groups in total. The minimum absolute atomic E-state index is 0.108. The van der Waals surface area contributed by atoms with E-state index in [0.29, 0.717) is 6.42 Å². The number of likely N-dealkylation sites (tertiary alicyclic amines) is 1. The zero-order valence-corrected chi connectivity index (χ0v) is 13.9. The summed E-state index contributed by atoms with van der Waals surface area (Å²) in [5.41, 5.74) is 3.52. The van der Waals surface area contributed by atoms with Crippen LogP contribution in [0.1, 0.15) is 42.5 Å². The SMILES string of the molecule is COc1ccc2c(c1)[C@@H](N1CCCC1=O)C[C@@H](c1ccccc1)N2. The first-order chi connectivity index (χ1) is 11.8. The summed E-state index contributed by atoms with van der Waals surface area (Å²) in [7, 11) is 1.68. The highest BCUT2D eigenvalue weighted by molar-refractivity contribution is 5.79. The first kappa shape index (κ1) is 15.1. The number of hydrogen-bond donors (Lipinski definition) is 1. The molecule has 2 atom stereocenters. The molecule has 2 aliphatic rings. The molecule has 24 heavy (non-hydrogen) atoms. The van der Waals surface area contributed by atoms with Crippen molar-refractivity contribution in [2.24, 2.45) is 0 Å². The third-order valence-corrected chi connectivity index (χ3v) is 5.09. The number of hydrogen-bond acceptors (Lipinski definition) is 3. The average Bonchev–Trinajstić information content (AvgIpc) is 3.07. The van der Waals surface area contributed by atoms with E-state index in [9.17, 15) is 4.79 Å². The van der Waals surface area contributed by atoms with E-state index in [2.05, 4.69) is 46.6 Å². The summed E-state index contributed by atoms with van der Waals surface area (Å²) in [6.07, 6.45) is 2.51. The van der Waals surface area contributed by atoms with Gasteiger partial charge < -0.3 is 15.0 Å². The molecular weight excluding hydrogens is 300 g/mol. The van der Waals surface area contributed by atoms with Gasteiger partial charge in [-0.25, -0.2) is 0 Å². The molecule has 1 fully saturated rings. The summed E-state index contributed by atoms with van der Waals surface area (Å²) in [4.78, 5) is 14.4. The molecule has 124 valence electrons. The maximum Gasteiger partial charge on any atom is 0.223 e. The number of anilines is 1. The highest BCUT2D eigenvalue weighted by Gasteiger charge is 2.35. The third kappa shape index (κ3) is 2.62. The second-order valence-corrected chi connectivity index (χ2v) is 6.50. The standard InChI is InChI=1S/C20H22N2O2/c1-24-15-9-10-17-16(12-15)19(22-11-5-8-20(22)23)13-18(21-17)14-6-3-2-4-7-14/h2-4,6-7,9-10,12,18-19,21H,5,8,11,13H2,1H3/t18-,19-/m0/s1. The summed E-state index contributed by atoms with van der Waals surface area (Å²) >= 11 is 0. The van der Waals surface area contributed by atoms with Crippen molar-refractivity contribution in [1.82, 2.24) is 4.90 Å².